The highest BCUT2D eigenvalue weighted by Crippen LogP contribution is 2.30. The van der Waals surface area contributed by atoms with E-state index in [1.54, 1.807) is 19.1 Å². The minimum atomic E-state index is -3.47. The number of rotatable bonds is 4. The van der Waals surface area contributed by atoms with Crippen LogP contribution in [0.1, 0.15) is 48.2 Å². The fourth-order valence-corrected chi connectivity index (χ4v) is 3.70. The van der Waals surface area contributed by atoms with Gasteiger partial charge in [-0.25, -0.2) is 8.42 Å². The highest BCUT2D eigenvalue weighted by atomic mass is 32.2. The Hall–Kier alpha value is -1.89. The van der Waals surface area contributed by atoms with Crippen LogP contribution >= 0.6 is 0 Å². The molecule has 0 aromatic heterocycles. The van der Waals surface area contributed by atoms with E-state index in [1.165, 1.54) is 0 Å². The zero-order valence-electron chi connectivity index (χ0n) is 12.7. The van der Waals surface area contributed by atoms with Crippen LogP contribution in [0.3, 0.4) is 0 Å². The molecule has 4 N–H and O–H groups in total. The summed E-state index contributed by atoms with van der Waals surface area (Å²) in [5, 5.41) is 0. The Labute approximate surface area is 125 Å². The van der Waals surface area contributed by atoms with Gasteiger partial charge < -0.3 is 11.5 Å². The Morgan fingerprint density at radius 3 is 2.24 bits per heavy atom. The van der Waals surface area contributed by atoms with Crippen molar-refractivity contribution in [1.29, 1.82) is 0 Å². The van der Waals surface area contributed by atoms with Gasteiger partial charge in [-0.15, -0.1) is 0 Å². The zero-order chi connectivity index (χ0) is 16.4. The lowest BCUT2D eigenvalue weighted by Crippen LogP contribution is -2.24. The number of aliphatic imine (C=N–C) groups is 1. The van der Waals surface area contributed by atoms with Crippen LogP contribution in [0, 0.1) is 0 Å². The molecule has 1 amide bonds. The minimum Gasteiger partial charge on any atom is -0.370 e. The number of guanidine groups is 1. The van der Waals surface area contributed by atoms with Crippen molar-refractivity contribution >= 4 is 21.7 Å². The SMILES string of the molecule is CCc1c(C(=O)N=C(N)N)ccc(C(C)C)c1S(C)(=O)=O. The molecular weight excluding hydrogens is 290 g/mol. The second kappa shape index (κ2) is 6.26. The molecule has 1 aromatic carbocycles. The van der Waals surface area contributed by atoms with Gasteiger partial charge in [-0.1, -0.05) is 26.8 Å². The molecule has 0 heterocycles. The van der Waals surface area contributed by atoms with Gasteiger partial charge in [0.1, 0.15) is 0 Å². The highest BCUT2D eigenvalue weighted by molar-refractivity contribution is 7.90. The van der Waals surface area contributed by atoms with E-state index in [2.05, 4.69) is 4.99 Å². The van der Waals surface area contributed by atoms with Gasteiger partial charge in [0, 0.05) is 11.8 Å². The van der Waals surface area contributed by atoms with Crippen LogP contribution in [-0.2, 0) is 16.3 Å². The molecule has 0 atom stereocenters. The number of nitrogens with two attached hydrogens (primary N) is 2. The van der Waals surface area contributed by atoms with Crippen molar-refractivity contribution < 1.29 is 13.2 Å². The Kier molecular flexibility index (Phi) is 5.11. The lowest BCUT2D eigenvalue weighted by molar-refractivity contribution is 0.100. The summed E-state index contributed by atoms with van der Waals surface area (Å²) in [5.41, 5.74) is 11.8. The van der Waals surface area contributed by atoms with Crippen molar-refractivity contribution in [3.8, 4) is 0 Å². The summed E-state index contributed by atoms with van der Waals surface area (Å²) in [6, 6.07) is 3.23. The molecule has 7 heteroatoms. The lowest BCUT2D eigenvalue weighted by atomic mass is 9.95. The van der Waals surface area contributed by atoms with Crippen LogP contribution in [0.15, 0.2) is 22.0 Å². The molecule has 21 heavy (non-hydrogen) atoms. The molecule has 0 aliphatic rings. The Bertz CT molecular complexity index is 688. The van der Waals surface area contributed by atoms with E-state index < -0.39 is 15.7 Å². The molecule has 1 aromatic rings. The first-order valence-electron chi connectivity index (χ1n) is 6.59. The van der Waals surface area contributed by atoms with Crippen molar-refractivity contribution in [3.63, 3.8) is 0 Å². The molecule has 0 bridgehead atoms. The van der Waals surface area contributed by atoms with Crippen molar-refractivity contribution in [2.24, 2.45) is 16.5 Å². The number of benzene rings is 1. The Balaban J connectivity index is 3.74. The number of hydrogen-bond donors (Lipinski definition) is 2. The number of sulfone groups is 1. The molecule has 0 unspecified atom stereocenters. The van der Waals surface area contributed by atoms with E-state index >= 15 is 0 Å². The highest BCUT2D eigenvalue weighted by Gasteiger charge is 2.24. The van der Waals surface area contributed by atoms with Crippen molar-refractivity contribution in [2.45, 2.75) is 38.0 Å². The monoisotopic (exact) mass is 311 g/mol. The molecule has 0 saturated heterocycles. The predicted octanol–water partition coefficient (Wildman–Crippen LogP) is 1.19. The molecule has 0 radical (unpaired) electrons. The molecule has 6 nitrogen and oxygen atoms in total. The Morgan fingerprint density at radius 1 is 1.29 bits per heavy atom. The third kappa shape index (κ3) is 3.81. The third-order valence-electron chi connectivity index (χ3n) is 3.10. The number of amides is 1. The molecule has 0 aliphatic heterocycles. The van der Waals surface area contributed by atoms with Gasteiger partial charge in [0.2, 0.25) is 0 Å². The first-order chi connectivity index (χ1) is 9.59. The van der Waals surface area contributed by atoms with Crippen LogP contribution in [0.5, 0.6) is 0 Å². The molecular formula is C14H21N3O3S. The van der Waals surface area contributed by atoms with Gasteiger partial charge in [0.25, 0.3) is 5.91 Å². The predicted molar refractivity (Wildman–Crippen MR) is 83.2 cm³/mol. The summed E-state index contributed by atoms with van der Waals surface area (Å²) in [4.78, 5) is 15.8. The van der Waals surface area contributed by atoms with Crippen LogP contribution in [-0.4, -0.2) is 26.5 Å². The van der Waals surface area contributed by atoms with Crippen LogP contribution in [0.25, 0.3) is 0 Å². The maximum atomic E-state index is 12.1. The average Bonchev–Trinajstić information content (AvgIpc) is 2.34. The van der Waals surface area contributed by atoms with E-state index in [0.29, 0.717) is 17.5 Å². The van der Waals surface area contributed by atoms with Gasteiger partial charge >= 0.3 is 0 Å². The van der Waals surface area contributed by atoms with E-state index in [0.717, 1.165) is 6.26 Å². The second-order valence-corrected chi connectivity index (χ2v) is 7.08. The number of carbonyl (C=O) groups is 1. The first kappa shape index (κ1) is 17.2. The number of hydrogen-bond acceptors (Lipinski definition) is 3. The van der Waals surface area contributed by atoms with Gasteiger partial charge in [0.15, 0.2) is 15.8 Å². The number of carbonyl (C=O) groups excluding carboxylic acids is 1. The largest absolute Gasteiger partial charge is 0.370 e. The summed E-state index contributed by atoms with van der Waals surface area (Å²) >= 11 is 0. The topological polar surface area (TPSA) is 116 Å². The van der Waals surface area contributed by atoms with E-state index in [-0.39, 0.29) is 22.3 Å². The Morgan fingerprint density at radius 2 is 1.86 bits per heavy atom. The van der Waals surface area contributed by atoms with Gasteiger partial charge in [-0.05, 0) is 29.5 Å². The molecule has 116 valence electrons. The maximum absolute atomic E-state index is 12.1. The number of nitrogens with zero attached hydrogens (tertiary/aromatic N) is 1. The summed E-state index contributed by atoms with van der Waals surface area (Å²) in [5.74, 6) is -0.963. The van der Waals surface area contributed by atoms with E-state index in [4.69, 9.17) is 11.5 Å². The van der Waals surface area contributed by atoms with Gasteiger partial charge in [-0.3, -0.25) is 4.79 Å². The normalized spacial score (nSPS) is 11.5. The quantitative estimate of drug-likeness (QED) is 0.640. The van der Waals surface area contributed by atoms with Crippen molar-refractivity contribution in [2.75, 3.05) is 6.26 Å². The second-order valence-electron chi connectivity index (χ2n) is 5.13. The van der Waals surface area contributed by atoms with Crippen LogP contribution in [0.4, 0.5) is 0 Å². The summed E-state index contributed by atoms with van der Waals surface area (Å²) in [6.45, 7) is 5.60. The average molecular weight is 311 g/mol. The van der Waals surface area contributed by atoms with Gasteiger partial charge in [-0.2, -0.15) is 4.99 Å². The fourth-order valence-electron chi connectivity index (χ4n) is 2.27. The smallest absolute Gasteiger partial charge is 0.280 e. The third-order valence-corrected chi connectivity index (χ3v) is 4.32. The van der Waals surface area contributed by atoms with Crippen LogP contribution < -0.4 is 11.5 Å². The summed E-state index contributed by atoms with van der Waals surface area (Å²) < 4.78 is 24.3. The lowest BCUT2D eigenvalue weighted by Gasteiger charge is -2.17. The first-order valence-corrected chi connectivity index (χ1v) is 8.48. The fraction of sp³-hybridized carbons (Fsp3) is 0.429. The summed E-state index contributed by atoms with van der Waals surface area (Å²) in [6.07, 6.45) is 1.53. The molecule has 0 aliphatic carbocycles. The summed E-state index contributed by atoms with van der Waals surface area (Å²) in [7, 11) is -3.47. The standard InChI is InChI=1S/C14H21N3O3S/c1-5-9-11(13(18)17-14(15)16)7-6-10(8(2)3)12(9)21(4,19)20/h6-8H,5H2,1-4H3,(H4,15,16,17,18). The van der Waals surface area contributed by atoms with Crippen molar-refractivity contribution in [1.82, 2.24) is 0 Å². The van der Waals surface area contributed by atoms with Crippen LogP contribution in [0.2, 0.25) is 0 Å². The van der Waals surface area contributed by atoms with Gasteiger partial charge in [0.05, 0.1) is 4.90 Å². The zero-order valence-corrected chi connectivity index (χ0v) is 13.5. The van der Waals surface area contributed by atoms with E-state index in [1.807, 2.05) is 13.8 Å². The minimum absolute atomic E-state index is 0.0206. The van der Waals surface area contributed by atoms with E-state index in [9.17, 15) is 13.2 Å². The molecule has 1 rings (SSSR count). The molecule has 0 saturated carbocycles. The molecule has 0 spiro atoms. The molecule has 0 fully saturated rings. The maximum Gasteiger partial charge on any atom is 0.280 e. The van der Waals surface area contributed by atoms with Crippen molar-refractivity contribution in [3.05, 3.63) is 28.8 Å².